The van der Waals surface area contributed by atoms with Gasteiger partial charge < -0.3 is 19.8 Å². The van der Waals surface area contributed by atoms with E-state index in [0.717, 1.165) is 22.3 Å². The van der Waals surface area contributed by atoms with Gasteiger partial charge >= 0.3 is 0 Å². The zero-order valence-electron chi connectivity index (χ0n) is 22.6. The van der Waals surface area contributed by atoms with E-state index in [2.05, 4.69) is 0 Å². The van der Waals surface area contributed by atoms with Crippen LogP contribution in [0.5, 0.6) is 11.5 Å². The first-order chi connectivity index (χ1) is 19.5. The quantitative estimate of drug-likeness (QED) is 0.151. The highest BCUT2D eigenvalue weighted by Crippen LogP contribution is 2.39. The fourth-order valence-corrected chi connectivity index (χ4v) is 4.67. The largest absolute Gasteiger partial charge is 0.618 e. The van der Waals surface area contributed by atoms with Crippen molar-refractivity contribution in [3.63, 3.8) is 0 Å². The summed E-state index contributed by atoms with van der Waals surface area (Å²) in [5.41, 5.74) is 3.98. The molecule has 0 aliphatic rings. The van der Waals surface area contributed by atoms with Crippen LogP contribution in [-0.4, -0.2) is 5.11 Å². The molecule has 0 bridgehead atoms. The third kappa shape index (κ3) is 6.16. The first-order valence-electron chi connectivity index (χ1n) is 13.5. The number of hydrogen-bond donors (Lipinski definition) is 1. The molecule has 202 valence electrons. The van der Waals surface area contributed by atoms with Crippen LogP contribution in [-0.2, 0) is 0 Å². The van der Waals surface area contributed by atoms with Gasteiger partial charge in [0.2, 0.25) is 17.6 Å². The van der Waals surface area contributed by atoms with E-state index in [1.807, 2.05) is 135 Å². The van der Waals surface area contributed by atoms with Crippen molar-refractivity contribution >= 4 is 0 Å². The van der Waals surface area contributed by atoms with Crippen LogP contribution in [0.2, 0.25) is 0 Å². The summed E-state index contributed by atoms with van der Waals surface area (Å²) in [6.45, 7) is 3.74. The van der Waals surface area contributed by atoms with Crippen molar-refractivity contribution in [2.75, 3.05) is 0 Å². The number of ether oxygens (including phenoxy) is 2. The molecule has 0 saturated heterocycles. The van der Waals surface area contributed by atoms with Crippen molar-refractivity contribution in [3.8, 4) is 11.5 Å². The van der Waals surface area contributed by atoms with Crippen molar-refractivity contribution in [3.05, 3.63) is 167 Å². The number of nitrogens with zero attached hydrogens (tertiary/aromatic N) is 1. The highest BCUT2D eigenvalue weighted by atomic mass is 16.5. The summed E-state index contributed by atoms with van der Waals surface area (Å²) in [5, 5.41) is 24.1. The lowest BCUT2D eigenvalue weighted by Crippen LogP contribution is -2.35. The lowest BCUT2D eigenvalue weighted by atomic mass is 10.0. The van der Waals surface area contributed by atoms with E-state index in [1.165, 1.54) is 6.20 Å². The third-order valence-corrected chi connectivity index (χ3v) is 6.84. The fraction of sp³-hybridized carbons (Fsp3) is 0.171. The molecule has 1 atom stereocenters. The van der Waals surface area contributed by atoms with Crippen molar-refractivity contribution in [2.45, 2.75) is 32.2 Å². The van der Waals surface area contributed by atoms with E-state index >= 15 is 0 Å². The maximum atomic E-state index is 13.2. The molecule has 0 radical (unpaired) electrons. The molecule has 1 N–H and O–H groups in total. The van der Waals surface area contributed by atoms with Crippen molar-refractivity contribution in [1.82, 2.24) is 0 Å². The topological polar surface area (TPSA) is 65.6 Å². The molecule has 1 aromatic heterocycles. The van der Waals surface area contributed by atoms with E-state index in [-0.39, 0.29) is 17.4 Å². The Morgan fingerprint density at radius 2 is 0.925 bits per heavy atom. The fourth-order valence-electron chi connectivity index (χ4n) is 4.67. The number of hydrogen-bond acceptors (Lipinski definition) is 4. The highest BCUT2D eigenvalue weighted by molar-refractivity contribution is 5.42. The summed E-state index contributed by atoms with van der Waals surface area (Å²) < 4.78 is 14.0. The molecule has 0 spiro atoms. The second-order valence-corrected chi connectivity index (χ2v) is 10.1. The minimum absolute atomic E-state index is 0.166. The van der Waals surface area contributed by atoms with Gasteiger partial charge in [-0.15, -0.1) is 0 Å². The van der Waals surface area contributed by atoms with E-state index in [0.29, 0.717) is 10.5 Å². The Morgan fingerprint density at radius 1 is 0.575 bits per heavy atom. The highest BCUT2D eigenvalue weighted by Gasteiger charge is 2.29. The molecule has 0 aliphatic carbocycles. The minimum atomic E-state index is -0.972. The summed E-state index contributed by atoms with van der Waals surface area (Å²) >= 11 is 0. The summed E-state index contributed by atoms with van der Waals surface area (Å²) in [6.07, 6.45) is -0.567. The molecule has 40 heavy (non-hydrogen) atoms. The summed E-state index contributed by atoms with van der Waals surface area (Å²) in [6, 6.07) is 41.2. The molecular formula is C35H33NO4. The van der Waals surface area contributed by atoms with Gasteiger partial charge in [0.15, 0.2) is 5.75 Å². The predicted octanol–water partition coefficient (Wildman–Crippen LogP) is 7.35. The van der Waals surface area contributed by atoms with E-state index in [4.69, 9.17) is 9.47 Å². The number of aliphatic hydroxyl groups is 1. The summed E-state index contributed by atoms with van der Waals surface area (Å²) in [7, 11) is 0. The zero-order chi connectivity index (χ0) is 27.9. The molecule has 4 aromatic carbocycles. The Morgan fingerprint density at radius 3 is 1.27 bits per heavy atom. The van der Waals surface area contributed by atoms with Gasteiger partial charge in [0, 0.05) is 0 Å². The number of benzene rings is 4. The Hall–Kier alpha value is -4.61. The van der Waals surface area contributed by atoms with Crippen LogP contribution < -0.4 is 14.2 Å². The average Bonchev–Trinajstić information content (AvgIpc) is 3.00. The maximum Gasteiger partial charge on any atom is 0.228 e. The van der Waals surface area contributed by atoms with Gasteiger partial charge in [-0.25, -0.2) is 0 Å². The van der Waals surface area contributed by atoms with Crippen LogP contribution >= 0.6 is 0 Å². The SMILES string of the molecule is CC(C)[C@H](O)c1cc(OC(c2ccccc2)c2ccccc2)c(OC(c2ccccc2)c2ccccc2)c[n+]1[O-]. The Kier molecular flexibility index (Phi) is 8.43. The average molecular weight is 532 g/mol. The lowest BCUT2D eigenvalue weighted by Gasteiger charge is -2.25. The molecule has 5 rings (SSSR count). The van der Waals surface area contributed by atoms with Crippen LogP contribution in [0, 0.1) is 11.1 Å². The van der Waals surface area contributed by atoms with Gasteiger partial charge in [-0.05, 0) is 28.2 Å². The second-order valence-electron chi connectivity index (χ2n) is 10.1. The number of aliphatic hydroxyl groups excluding tert-OH is 1. The summed E-state index contributed by atoms with van der Waals surface area (Å²) in [4.78, 5) is 0. The van der Waals surface area contributed by atoms with Crippen LogP contribution in [0.25, 0.3) is 0 Å². The molecule has 5 aromatic rings. The van der Waals surface area contributed by atoms with Crippen LogP contribution in [0.3, 0.4) is 0 Å². The smallest absolute Gasteiger partial charge is 0.228 e. The molecule has 5 nitrogen and oxygen atoms in total. The van der Waals surface area contributed by atoms with Crippen LogP contribution in [0.15, 0.2) is 134 Å². The van der Waals surface area contributed by atoms with Gasteiger partial charge in [0.05, 0.1) is 6.07 Å². The van der Waals surface area contributed by atoms with Crippen LogP contribution in [0.1, 0.15) is 60.1 Å². The van der Waals surface area contributed by atoms with E-state index in [1.54, 1.807) is 6.07 Å². The number of pyridine rings is 1. The minimum Gasteiger partial charge on any atom is -0.618 e. The molecular weight excluding hydrogens is 498 g/mol. The van der Waals surface area contributed by atoms with E-state index < -0.39 is 18.3 Å². The van der Waals surface area contributed by atoms with Gasteiger partial charge in [-0.1, -0.05) is 135 Å². The predicted molar refractivity (Wildman–Crippen MR) is 156 cm³/mol. The Balaban J connectivity index is 1.63. The Labute approximate surface area is 235 Å². The summed E-state index contributed by atoms with van der Waals surface area (Å²) in [5.74, 6) is 0.487. The zero-order valence-corrected chi connectivity index (χ0v) is 22.6. The van der Waals surface area contributed by atoms with Gasteiger partial charge in [0.1, 0.15) is 18.3 Å². The molecule has 5 heteroatoms. The van der Waals surface area contributed by atoms with Gasteiger partial charge in [-0.2, -0.15) is 4.73 Å². The molecule has 0 aliphatic heterocycles. The molecule has 0 unspecified atom stereocenters. The number of rotatable bonds is 10. The van der Waals surface area contributed by atoms with Crippen LogP contribution in [0.4, 0.5) is 0 Å². The van der Waals surface area contributed by atoms with Crippen molar-refractivity contribution < 1.29 is 19.3 Å². The number of aromatic nitrogens is 1. The van der Waals surface area contributed by atoms with E-state index in [9.17, 15) is 10.3 Å². The third-order valence-electron chi connectivity index (χ3n) is 6.84. The Bertz CT molecular complexity index is 1410. The standard InChI is InChI=1S/C35H33NO4/c1-25(2)33(37)30-23-31(39-34(26-15-7-3-8-16-26)27-17-9-4-10-18-27)32(24-36(30)38)40-35(28-19-11-5-12-20-28)29-21-13-6-14-22-29/h3-25,33-35,37H,1-2H3/t33-/m0/s1. The first kappa shape index (κ1) is 27.0. The van der Waals surface area contributed by atoms with Crippen molar-refractivity contribution in [1.29, 1.82) is 0 Å². The molecule has 0 amide bonds. The maximum absolute atomic E-state index is 13.2. The molecule has 1 heterocycles. The monoisotopic (exact) mass is 531 g/mol. The lowest BCUT2D eigenvalue weighted by molar-refractivity contribution is -0.619. The van der Waals surface area contributed by atoms with Gasteiger partial charge in [0.25, 0.3) is 0 Å². The second kappa shape index (κ2) is 12.5. The first-order valence-corrected chi connectivity index (χ1v) is 13.5. The molecule has 0 fully saturated rings. The van der Waals surface area contributed by atoms with Crippen molar-refractivity contribution in [2.24, 2.45) is 5.92 Å². The molecule has 0 saturated carbocycles. The normalized spacial score (nSPS) is 12.1. The van der Waals surface area contributed by atoms with Gasteiger partial charge in [-0.3, -0.25) is 0 Å².